The van der Waals surface area contributed by atoms with E-state index in [9.17, 15) is 37.4 Å². The van der Waals surface area contributed by atoms with Gasteiger partial charge in [-0.3, -0.25) is 9.59 Å². The molecule has 0 saturated carbocycles. The molecule has 0 aromatic heterocycles. The molecule has 3 aromatic carbocycles. The first-order chi connectivity index (χ1) is 15.5. The van der Waals surface area contributed by atoms with Gasteiger partial charge in [0.25, 0.3) is 0 Å². The van der Waals surface area contributed by atoms with Crippen molar-refractivity contribution in [2.75, 3.05) is 12.4 Å². The van der Waals surface area contributed by atoms with E-state index in [1.807, 2.05) is 0 Å². The number of nitrogens with one attached hydrogen (secondary N) is 1. The Morgan fingerprint density at radius 1 is 0.697 bits per heavy atom. The molecule has 3 N–H and O–H groups in total. The van der Waals surface area contributed by atoms with E-state index in [4.69, 9.17) is 0 Å². The van der Waals surface area contributed by atoms with E-state index in [2.05, 4.69) is 4.74 Å². The van der Waals surface area contributed by atoms with Gasteiger partial charge in [-0.2, -0.15) is 0 Å². The van der Waals surface area contributed by atoms with Crippen molar-refractivity contribution in [3.63, 3.8) is 0 Å². The monoisotopic (exact) mass is 469 g/mol. The molecule has 0 bridgehead atoms. The van der Waals surface area contributed by atoms with Gasteiger partial charge in [0.15, 0.2) is 40.7 Å². The molecule has 4 rings (SSSR count). The summed E-state index contributed by atoms with van der Waals surface area (Å²) >= 11 is 0. The van der Waals surface area contributed by atoms with Crippen LogP contribution in [0.25, 0.3) is 0 Å². The Balaban J connectivity index is 2.04. The fourth-order valence-electron chi connectivity index (χ4n) is 3.50. The van der Waals surface area contributed by atoms with Crippen LogP contribution < -0.4 is 10.1 Å². The number of carbonyl (C=O) groups excluding carboxylic acids is 2. The zero-order valence-electron chi connectivity index (χ0n) is 16.1. The fourth-order valence-corrected chi connectivity index (χ4v) is 3.50. The molecule has 1 aliphatic carbocycles. The third-order valence-corrected chi connectivity index (χ3v) is 4.97. The number of anilines is 2. The molecular formula is C21H9F6NO5. The summed E-state index contributed by atoms with van der Waals surface area (Å²) in [6.45, 7) is 0. The number of hydrogen-bond donors (Lipinski definition) is 3. The highest BCUT2D eigenvalue weighted by Crippen LogP contribution is 2.45. The van der Waals surface area contributed by atoms with Crippen molar-refractivity contribution >= 4 is 22.9 Å². The summed E-state index contributed by atoms with van der Waals surface area (Å²) in [6, 6.07) is 1.54. The summed E-state index contributed by atoms with van der Waals surface area (Å²) in [5.41, 5.74) is -6.96. The molecule has 0 fully saturated rings. The Bertz CT molecular complexity index is 1380. The van der Waals surface area contributed by atoms with Gasteiger partial charge >= 0.3 is 0 Å². The van der Waals surface area contributed by atoms with Crippen molar-refractivity contribution in [2.24, 2.45) is 0 Å². The number of halogens is 6. The molecule has 1 aliphatic rings. The van der Waals surface area contributed by atoms with Crippen LogP contribution in [0.5, 0.6) is 17.2 Å². The minimum atomic E-state index is -2.00. The summed E-state index contributed by atoms with van der Waals surface area (Å²) in [7, 11) is 0.778. The maximum absolute atomic E-state index is 15.4. The van der Waals surface area contributed by atoms with E-state index >= 15 is 8.78 Å². The van der Waals surface area contributed by atoms with Gasteiger partial charge in [-0.25, -0.2) is 26.3 Å². The van der Waals surface area contributed by atoms with Crippen LogP contribution in [0.2, 0.25) is 0 Å². The molecular weight excluding hydrogens is 460 g/mol. The maximum Gasteiger partial charge on any atom is 0.201 e. The van der Waals surface area contributed by atoms with Gasteiger partial charge in [0.1, 0.15) is 22.9 Å². The summed E-state index contributed by atoms with van der Waals surface area (Å²) in [4.78, 5) is 25.7. The smallest absolute Gasteiger partial charge is 0.201 e. The molecule has 33 heavy (non-hydrogen) atoms. The molecule has 0 amide bonds. The first kappa shape index (κ1) is 22.0. The predicted molar refractivity (Wildman–Crippen MR) is 99.1 cm³/mol. The second-order valence-electron chi connectivity index (χ2n) is 6.77. The Morgan fingerprint density at radius 3 is 1.61 bits per heavy atom. The molecule has 0 aliphatic heterocycles. The van der Waals surface area contributed by atoms with Crippen LogP contribution >= 0.6 is 0 Å². The van der Waals surface area contributed by atoms with Gasteiger partial charge in [0.2, 0.25) is 11.6 Å². The van der Waals surface area contributed by atoms with Crippen LogP contribution in [0.15, 0.2) is 18.2 Å². The number of carbonyl (C=O) groups is 2. The number of phenolic OH excluding ortho intramolecular Hbond substituents is 2. The molecule has 0 atom stereocenters. The maximum atomic E-state index is 15.4. The molecule has 0 unspecified atom stereocenters. The van der Waals surface area contributed by atoms with E-state index in [1.165, 1.54) is 0 Å². The average Bonchev–Trinajstić information content (AvgIpc) is 2.77. The Morgan fingerprint density at radius 2 is 1.15 bits per heavy atom. The number of fused-ring (bicyclic) bond motifs is 2. The molecule has 0 heterocycles. The predicted octanol–water partition coefficient (Wildman–Crippen LogP) is 4.46. The second-order valence-corrected chi connectivity index (χ2v) is 6.77. The Kier molecular flexibility index (Phi) is 4.95. The summed E-state index contributed by atoms with van der Waals surface area (Å²) in [5.74, 6) is -16.9. The number of ketones is 2. The normalized spacial score (nSPS) is 12.5. The van der Waals surface area contributed by atoms with Crippen LogP contribution in [0.1, 0.15) is 31.8 Å². The van der Waals surface area contributed by atoms with Crippen molar-refractivity contribution < 1.29 is 50.9 Å². The van der Waals surface area contributed by atoms with E-state index in [0.29, 0.717) is 0 Å². The van der Waals surface area contributed by atoms with Crippen LogP contribution in [-0.2, 0) is 0 Å². The quantitative estimate of drug-likeness (QED) is 0.233. The Labute approximate surface area is 179 Å². The molecule has 0 saturated heterocycles. The van der Waals surface area contributed by atoms with E-state index in [1.54, 1.807) is 5.32 Å². The summed E-state index contributed by atoms with van der Waals surface area (Å²) < 4.78 is 90.6. The van der Waals surface area contributed by atoms with Gasteiger partial charge in [-0.05, 0) is 12.1 Å². The molecule has 6 nitrogen and oxygen atoms in total. The second kappa shape index (κ2) is 7.43. The average molecular weight is 469 g/mol. The number of phenols is 2. The molecule has 12 heteroatoms. The van der Waals surface area contributed by atoms with E-state index in [0.717, 1.165) is 19.2 Å². The zero-order valence-corrected chi connectivity index (χ0v) is 16.1. The van der Waals surface area contributed by atoms with Gasteiger partial charge in [-0.1, -0.05) is 0 Å². The zero-order chi connectivity index (χ0) is 24.4. The van der Waals surface area contributed by atoms with Crippen LogP contribution in [0.3, 0.4) is 0 Å². The molecule has 0 radical (unpaired) electrons. The van der Waals surface area contributed by atoms with E-state index < -0.39 is 97.3 Å². The topological polar surface area (TPSA) is 95.9 Å². The minimum Gasteiger partial charge on any atom is -0.507 e. The third kappa shape index (κ3) is 2.97. The largest absolute Gasteiger partial charge is 0.507 e. The molecule has 0 spiro atoms. The van der Waals surface area contributed by atoms with Crippen molar-refractivity contribution in [1.82, 2.24) is 0 Å². The number of benzene rings is 3. The van der Waals surface area contributed by atoms with Crippen LogP contribution in [-0.4, -0.2) is 28.9 Å². The third-order valence-electron chi connectivity index (χ3n) is 4.97. The van der Waals surface area contributed by atoms with Crippen molar-refractivity contribution in [1.29, 1.82) is 0 Å². The first-order valence-corrected chi connectivity index (χ1v) is 8.84. The lowest BCUT2D eigenvalue weighted by molar-refractivity contribution is 0.0966. The van der Waals surface area contributed by atoms with Gasteiger partial charge in [0.05, 0.1) is 29.4 Å². The van der Waals surface area contributed by atoms with Crippen molar-refractivity contribution in [3.8, 4) is 17.2 Å². The highest BCUT2D eigenvalue weighted by atomic mass is 19.2. The number of hydrogen-bond acceptors (Lipinski definition) is 6. The van der Waals surface area contributed by atoms with Crippen molar-refractivity contribution in [3.05, 3.63) is 75.4 Å². The minimum absolute atomic E-state index is 0.120. The standard InChI is InChI=1S/C21H9F6NO5/c1-33-21-16(27)12-11(19(31)9-7(29)2-3-8(30)10(9)20(12)32)15(26)18(21)28-17-13(24)5(22)4-6(23)14(17)25/h2-4,28-30H,1H3. The lowest BCUT2D eigenvalue weighted by Crippen LogP contribution is -2.25. The molecule has 170 valence electrons. The lowest BCUT2D eigenvalue weighted by Gasteiger charge is -2.23. The summed E-state index contributed by atoms with van der Waals surface area (Å²) in [6.07, 6.45) is 0. The Hall–Kier alpha value is -4.22. The number of aromatic hydroxyl groups is 2. The van der Waals surface area contributed by atoms with Crippen molar-refractivity contribution in [2.45, 2.75) is 0 Å². The van der Waals surface area contributed by atoms with Gasteiger partial charge in [-0.15, -0.1) is 0 Å². The SMILES string of the molecule is COc1c(F)c2c(c(F)c1Nc1c(F)c(F)cc(F)c1F)C(=O)c1c(O)ccc(O)c1C2=O. The van der Waals surface area contributed by atoms with Crippen LogP contribution in [0.4, 0.5) is 37.7 Å². The highest BCUT2D eigenvalue weighted by Gasteiger charge is 2.42. The number of ether oxygens (including phenoxy) is 1. The summed E-state index contributed by atoms with van der Waals surface area (Å²) in [5, 5.41) is 21.6. The molecule has 3 aromatic rings. The lowest BCUT2D eigenvalue weighted by atomic mass is 9.82. The van der Waals surface area contributed by atoms with Gasteiger partial charge in [0, 0.05) is 6.07 Å². The van der Waals surface area contributed by atoms with Gasteiger partial charge < -0.3 is 20.3 Å². The van der Waals surface area contributed by atoms with Crippen LogP contribution in [0, 0.1) is 34.9 Å². The number of methoxy groups -OCH3 is 1. The number of rotatable bonds is 3. The first-order valence-electron chi connectivity index (χ1n) is 8.84. The van der Waals surface area contributed by atoms with E-state index in [-0.39, 0.29) is 6.07 Å². The fraction of sp³-hybridized carbons (Fsp3) is 0.0476. The highest BCUT2D eigenvalue weighted by molar-refractivity contribution is 6.31.